The number of ether oxygens (including phenoxy) is 1. The van der Waals surface area contributed by atoms with Crippen molar-refractivity contribution in [1.82, 2.24) is 19.9 Å². The number of para-hydroxylation sites is 1. The molecule has 0 saturated carbocycles. The van der Waals surface area contributed by atoms with E-state index >= 15 is 0 Å². The Balaban J connectivity index is 1.47. The summed E-state index contributed by atoms with van der Waals surface area (Å²) < 4.78 is 19.8. The monoisotopic (exact) mass is 665 g/mol. The van der Waals surface area contributed by atoms with E-state index in [1.165, 1.54) is 0 Å². The lowest BCUT2D eigenvalue weighted by Gasteiger charge is -2.37. The second-order valence-corrected chi connectivity index (χ2v) is 15.3. The highest BCUT2D eigenvalue weighted by atomic mass is 79.9. The SMILES string of the molecule is COc1cc(N2CCC(N(C)C)CC2)c(C(C)=O)cc1Nc1ncc(Br)c(Nc2cnc3ccccc3c2P(C)(C)=O)n1. The first kappa shape index (κ1) is 30.9. The summed E-state index contributed by atoms with van der Waals surface area (Å²) in [5.41, 5.74) is 3.43. The van der Waals surface area contributed by atoms with E-state index in [1.807, 2.05) is 36.4 Å². The molecule has 0 amide bonds. The molecule has 0 bridgehead atoms. The number of rotatable bonds is 9. The van der Waals surface area contributed by atoms with Crippen LogP contribution in [0.1, 0.15) is 30.1 Å². The van der Waals surface area contributed by atoms with E-state index in [0.29, 0.717) is 50.3 Å². The maximum Gasteiger partial charge on any atom is 0.229 e. The number of pyridine rings is 1. The zero-order valence-electron chi connectivity index (χ0n) is 25.3. The third-order valence-electron chi connectivity index (χ3n) is 7.76. The van der Waals surface area contributed by atoms with Gasteiger partial charge in [-0.3, -0.25) is 9.78 Å². The van der Waals surface area contributed by atoms with Crippen LogP contribution >= 0.6 is 23.1 Å². The van der Waals surface area contributed by atoms with Crippen LogP contribution in [0, 0.1) is 0 Å². The van der Waals surface area contributed by atoms with Crippen molar-refractivity contribution in [3.05, 3.63) is 58.8 Å². The van der Waals surface area contributed by atoms with E-state index in [1.54, 1.807) is 39.8 Å². The molecule has 1 saturated heterocycles. The molecule has 0 aliphatic carbocycles. The van der Waals surface area contributed by atoms with Crippen LogP contribution in [-0.2, 0) is 4.57 Å². The topological polar surface area (TPSA) is 113 Å². The molecule has 226 valence electrons. The molecule has 2 aromatic heterocycles. The number of hydrogen-bond acceptors (Lipinski definition) is 10. The lowest BCUT2D eigenvalue weighted by molar-refractivity contribution is 0.101. The molecule has 5 rings (SSSR count). The first-order chi connectivity index (χ1) is 20.5. The van der Waals surface area contributed by atoms with Crippen LogP contribution in [0.3, 0.4) is 0 Å². The highest BCUT2D eigenvalue weighted by molar-refractivity contribution is 9.10. The minimum Gasteiger partial charge on any atom is -0.494 e. The van der Waals surface area contributed by atoms with Crippen LogP contribution < -0.4 is 25.6 Å². The zero-order valence-corrected chi connectivity index (χ0v) is 27.8. The van der Waals surface area contributed by atoms with Gasteiger partial charge in [-0.1, -0.05) is 18.2 Å². The summed E-state index contributed by atoms with van der Waals surface area (Å²) in [6.07, 6.45) is 5.36. The maximum atomic E-state index is 13.4. The number of piperidine rings is 1. The summed E-state index contributed by atoms with van der Waals surface area (Å²) in [7, 11) is 3.12. The molecule has 0 unspecified atom stereocenters. The van der Waals surface area contributed by atoms with Gasteiger partial charge in [-0.25, -0.2) is 4.98 Å². The maximum absolute atomic E-state index is 13.4. The molecule has 3 heterocycles. The number of carbonyl (C=O) groups is 1. The molecular weight excluding hydrogens is 629 g/mol. The standard InChI is InChI=1S/C31H37BrN7O3P/c1-19(40)22-15-25(28(42-4)16-27(22)39-13-11-20(12-14-39)38(2)3)36-31-34-17-23(32)30(37-31)35-26-18-33-24-10-8-7-9-21(24)29(26)43(5,6)41/h7-10,15-18,20H,11-14H2,1-6H3,(H2,34,35,36,37). The van der Waals surface area contributed by atoms with Gasteiger partial charge in [0, 0.05) is 47.6 Å². The smallest absolute Gasteiger partial charge is 0.229 e. The molecule has 0 atom stereocenters. The second-order valence-electron chi connectivity index (χ2n) is 11.3. The van der Waals surface area contributed by atoms with Gasteiger partial charge in [-0.15, -0.1) is 0 Å². The average molecular weight is 667 g/mol. The van der Waals surface area contributed by atoms with Crippen molar-refractivity contribution in [3.63, 3.8) is 0 Å². The number of anilines is 5. The van der Waals surface area contributed by atoms with Crippen LogP contribution in [0.25, 0.3) is 10.9 Å². The number of ketones is 1. The van der Waals surface area contributed by atoms with Crippen molar-refractivity contribution in [2.24, 2.45) is 0 Å². The Bertz CT molecular complexity index is 1720. The molecule has 1 aliphatic heterocycles. The van der Waals surface area contributed by atoms with Gasteiger partial charge in [-0.2, -0.15) is 4.98 Å². The molecule has 0 radical (unpaired) electrons. The summed E-state index contributed by atoms with van der Waals surface area (Å²) in [6, 6.07) is 11.9. The zero-order chi connectivity index (χ0) is 30.9. The van der Waals surface area contributed by atoms with E-state index in [0.717, 1.165) is 42.5 Å². The van der Waals surface area contributed by atoms with Crippen molar-refractivity contribution in [2.75, 3.05) is 63.2 Å². The van der Waals surface area contributed by atoms with Crippen LogP contribution in [0.15, 0.2) is 53.3 Å². The molecule has 1 aliphatic rings. The molecule has 1 fully saturated rings. The Hall–Kier alpha value is -3.53. The molecule has 0 spiro atoms. The van der Waals surface area contributed by atoms with Crippen LogP contribution in [-0.4, -0.2) is 79.3 Å². The van der Waals surface area contributed by atoms with Gasteiger partial charge in [-0.05, 0) is 75.3 Å². The quantitative estimate of drug-likeness (QED) is 0.157. The molecular formula is C31H37BrN7O3P. The van der Waals surface area contributed by atoms with Gasteiger partial charge in [0.05, 0.1) is 40.4 Å². The normalized spacial score (nSPS) is 14.3. The number of Topliss-reactive ketones (excluding diaryl/α,β-unsaturated/α-hetero) is 1. The van der Waals surface area contributed by atoms with Crippen molar-refractivity contribution in [1.29, 1.82) is 0 Å². The lowest BCUT2D eigenvalue weighted by Crippen LogP contribution is -2.42. The highest BCUT2D eigenvalue weighted by Gasteiger charge is 2.26. The number of aromatic nitrogens is 3. The fraction of sp³-hybridized carbons (Fsp3) is 0.355. The third kappa shape index (κ3) is 6.69. The van der Waals surface area contributed by atoms with Crippen molar-refractivity contribution >= 4 is 73.9 Å². The Kier molecular flexibility index (Phi) is 9.06. The minimum absolute atomic E-state index is 0.0330. The Morgan fingerprint density at radius 1 is 1.07 bits per heavy atom. The van der Waals surface area contributed by atoms with Gasteiger partial charge in [0.1, 0.15) is 18.7 Å². The van der Waals surface area contributed by atoms with E-state index < -0.39 is 7.14 Å². The summed E-state index contributed by atoms with van der Waals surface area (Å²) in [6.45, 7) is 6.79. The van der Waals surface area contributed by atoms with Crippen molar-refractivity contribution in [2.45, 2.75) is 25.8 Å². The van der Waals surface area contributed by atoms with Crippen LogP contribution in [0.4, 0.5) is 28.8 Å². The lowest BCUT2D eigenvalue weighted by atomic mass is 10.0. The number of nitrogens with zero attached hydrogens (tertiary/aromatic N) is 5. The van der Waals surface area contributed by atoms with E-state index in [4.69, 9.17) is 9.72 Å². The van der Waals surface area contributed by atoms with Gasteiger partial charge >= 0.3 is 0 Å². The van der Waals surface area contributed by atoms with E-state index in [2.05, 4.69) is 60.4 Å². The molecule has 12 heteroatoms. The van der Waals surface area contributed by atoms with Crippen LogP contribution in [0.5, 0.6) is 5.75 Å². The third-order valence-corrected chi connectivity index (χ3v) is 9.90. The summed E-state index contributed by atoms with van der Waals surface area (Å²) in [4.78, 5) is 31.1. The van der Waals surface area contributed by atoms with Gasteiger partial charge in [0.2, 0.25) is 5.95 Å². The number of hydrogen-bond donors (Lipinski definition) is 2. The predicted octanol–water partition coefficient (Wildman–Crippen LogP) is 6.26. The Morgan fingerprint density at radius 3 is 2.44 bits per heavy atom. The van der Waals surface area contributed by atoms with Gasteiger partial charge in [0.15, 0.2) is 5.78 Å². The van der Waals surface area contributed by atoms with Gasteiger partial charge < -0.3 is 29.7 Å². The minimum atomic E-state index is -2.70. The molecule has 10 nitrogen and oxygen atoms in total. The van der Waals surface area contributed by atoms with E-state index in [-0.39, 0.29) is 5.78 Å². The molecule has 4 aromatic rings. The Morgan fingerprint density at radius 2 is 1.79 bits per heavy atom. The largest absolute Gasteiger partial charge is 0.494 e. The summed E-state index contributed by atoms with van der Waals surface area (Å²) >= 11 is 3.54. The fourth-order valence-electron chi connectivity index (χ4n) is 5.56. The summed E-state index contributed by atoms with van der Waals surface area (Å²) in [5.74, 6) is 1.31. The number of methoxy groups -OCH3 is 1. The highest BCUT2D eigenvalue weighted by Crippen LogP contribution is 2.42. The molecule has 2 N–H and O–H groups in total. The number of carbonyl (C=O) groups excluding carboxylic acids is 1. The summed E-state index contributed by atoms with van der Waals surface area (Å²) in [5, 5.41) is 8.10. The molecule has 2 aromatic carbocycles. The predicted molar refractivity (Wildman–Crippen MR) is 179 cm³/mol. The van der Waals surface area contributed by atoms with E-state index in [9.17, 15) is 9.36 Å². The van der Waals surface area contributed by atoms with Crippen molar-refractivity contribution < 1.29 is 14.1 Å². The Labute approximate surface area is 260 Å². The number of nitrogens with one attached hydrogen (secondary N) is 2. The number of fused-ring (bicyclic) bond motifs is 1. The first-order valence-electron chi connectivity index (χ1n) is 14.1. The number of benzene rings is 2. The molecule has 43 heavy (non-hydrogen) atoms. The van der Waals surface area contributed by atoms with Crippen molar-refractivity contribution in [3.8, 4) is 5.75 Å². The second kappa shape index (κ2) is 12.6. The van der Waals surface area contributed by atoms with Gasteiger partial charge in [0.25, 0.3) is 0 Å². The fourth-order valence-corrected chi connectivity index (χ4v) is 7.32. The average Bonchev–Trinajstić information content (AvgIpc) is 2.97. The number of halogens is 1. The first-order valence-corrected chi connectivity index (χ1v) is 17.5. The van der Waals surface area contributed by atoms with Crippen LogP contribution in [0.2, 0.25) is 0 Å².